The number of rotatable bonds is 4. The van der Waals surface area contributed by atoms with Crippen LogP contribution >= 0.6 is 11.6 Å². The number of hydrogen-bond acceptors (Lipinski definition) is 3. The SMILES string of the molecule is COc1ccc(Cl)cc1NCC1CCNCC1. The van der Waals surface area contributed by atoms with Gasteiger partial charge in [-0.2, -0.15) is 0 Å². The highest BCUT2D eigenvalue weighted by Gasteiger charge is 2.13. The maximum absolute atomic E-state index is 5.99. The van der Waals surface area contributed by atoms with Gasteiger partial charge in [0.15, 0.2) is 0 Å². The molecule has 0 aliphatic carbocycles. The molecule has 1 aromatic rings. The Morgan fingerprint density at radius 3 is 2.88 bits per heavy atom. The van der Waals surface area contributed by atoms with Crippen molar-refractivity contribution in [3.8, 4) is 5.75 Å². The van der Waals surface area contributed by atoms with E-state index in [9.17, 15) is 0 Å². The molecular weight excluding hydrogens is 236 g/mol. The highest BCUT2D eigenvalue weighted by Crippen LogP contribution is 2.28. The van der Waals surface area contributed by atoms with Crippen molar-refractivity contribution in [2.75, 3.05) is 32.1 Å². The normalized spacial score (nSPS) is 16.8. The number of benzene rings is 1. The molecule has 1 saturated heterocycles. The van der Waals surface area contributed by atoms with Crippen molar-refractivity contribution in [3.05, 3.63) is 23.2 Å². The standard InChI is InChI=1S/C13H19ClN2O/c1-17-13-3-2-11(14)8-12(13)16-9-10-4-6-15-7-5-10/h2-3,8,10,15-16H,4-7,9H2,1H3. The van der Waals surface area contributed by atoms with E-state index in [1.807, 2.05) is 18.2 Å². The third-order valence-corrected chi connectivity index (χ3v) is 3.44. The van der Waals surface area contributed by atoms with E-state index in [2.05, 4.69) is 10.6 Å². The maximum atomic E-state index is 5.99. The zero-order chi connectivity index (χ0) is 12.1. The van der Waals surface area contributed by atoms with Crippen LogP contribution in [0.1, 0.15) is 12.8 Å². The molecule has 4 heteroatoms. The highest BCUT2D eigenvalue weighted by molar-refractivity contribution is 6.30. The van der Waals surface area contributed by atoms with Crippen LogP contribution < -0.4 is 15.4 Å². The summed E-state index contributed by atoms with van der Waals surface area (Å²) >= 11 is 5.99. The van der Waals surface area contributed by atoms with Gasteiger partial charge >= 0.3 is 0 Å². The second-order valence-electron chi connectivity index (χ2n) is 4.42. The van der Waals surface area contributed by atoms with E-state index in [1.165, 1.54) is 12.8 Å². The average molecular weight is 255 g/mol. The fourth-order valence-corrected chi connectivity index (χ4v) is 2.33. The Morgan fingerprint density at radius 1 is 1.41 bits per heavy atom. The first-order chi connectivity index (χ1) is 8.29. The molecule has 0 atom stereocenters. The topological polar surface area (TPSA) is 33.3 Å². The molecule has 0 bridgehead atoms. The van der Waals surface area contributed by atoms with Crippen LogP contribution in [0.15, 0.2) is 18.2 Å². The lowest BCUT2D eigenvalue weighted by molar-refractivity contribution is 0.388. The van der Waals surface area contributed by atoms with Gasteiger partial charge in [0.05, 0.1) is 12.8 Å². The van der Waals surface area contributed by atoms with Crippen LogP contribution in [0.4, 0.5) is 5.69 Å². The predicted octanol–water partition coefficient (Wildman–Crippen LogP) is 2.76. The fourth-order valence-electron chi connectivity index (χ4n) is 2.16. The average Bonchev–Trinajstić information content (AvgIpc) is 2.38. The van der Waals surface area contributed by atoms with Crippen LogP contribution in [0.3, 0.4) is 0 Å². The van der Waals surface area contributed by atoms with Crippen LogP contribution in [0.2, 0.25) is 5.02 Å². The van der Waals surface area contributed by atoms with Crippen molar-refractivity contribution in [1.82, 2.24) is 5.32 Å². The Kier molecular flexibility index (Phi) is 4.51. The molecule has 1 aliphatic rings. The van der Waals surface area contributed by atoms with E-state index in [0.29, 0.717) is 0 Å². The van der Waals surface area contributed by atoms with Crippen LogP contribution in [0.5, 0.6) is 5.75 Å². The number of piperidine rings is 1. The molecule has 0 radical (unpaired) electrons. The lowest BCUT2D eigenvalue weighted by atomic mass is 9.98. The van der Waals surface area contributed by atoms with Crippen molar-refractivity contribution < 1.29 is 4.74 Å². The minimum Gasteiger partial charge on any atom is -0.495 e. The number of halogens is 1. The molecule has 0 aromatic heterocycles. The molecule has 0 saturated carbocycles. The Morgan fingerprint density at radius 2 is 2.18 bits per heavy atom. The summed E-state index contributed by atoms with van der Waals surface area (Å²) < 4.78 is 5.31. The van der Waals surface area contributed by atoms with Gasteiger partial charge in [0.2, 0.25) is 0 Å². The summed E-state index contributed by atoms with van der Waals surface area (Å²) in [4.78, 5) is 0. The van der Waals surface area contributed by atoms with Crippen molar-refractivity contribution in [2.45, 2.75) is 12.8 Å². The molecule has 94 valence electrons. The van der Waals surface area contributed by atoms with Crippen LogP contribution in [-0.2, 0) is 0 Å². The molecule has 0 spiro atoms. The first-order valence-electron chi connectivity index (χ1n) is 6.07. The summed E-state index contributed by atoms with van der Waals surface area (Å²) in [7, 11) is 1.68. The minimum absolute atomic E-state index is 0.735. The summed E-state index contributed by atoms with van der Waals surface area (Å²) in [6.45, 7) is 3.23. The Labute approximate surface area is 107 Å². The molecule has 0 unspecified atom stereocenters. The van der Waals surface area contributed by atoms with Gasteiger partial charge < -0.3 is 15.4 Å². The Bertz CT molecular complexity index is 364. The maximum Gasteiger partial charge on any atom is 0.142 e. The van der Waals surface area contributed by atoms with Gasteiger partial charge in [0.25, 0.3) is 0 Å². The first-order valence-corrected chi connectivity index (χ1v) is 6.45. The molecule has 1 aliphatic heterocycles. The third-order valence-electron chi connectivity index (χ3n) is 3.20. The highest BCUT2D eigenvalue weighted by atomic mass is 35.5. The zero-order valence-electron chi connectivity index (χ0n) is 10.1. The number of hydrogen-bond donors (Lipinski definition) is 2. The van der Waals surface area contributed by atoms with E-state index in [1.54, 1.807) is 7.11 Å². The van der Waals surface area contributed by atoms with E-state index < -0.39 is 0 Å². The van der Waals surface area contributed by atoms with Crippen molar-refractivity contribution in [1.29, 1.82) is 0 Å². The smallest absolute Gasteiger partial charge is 0.142 e. The summed E-state index contributed by atoms with van der Waals surface area (Å²) in [5.41, 5.74) is 0.985. The molecule has 1 aromatic carbocycles. The lowest BCUT2D eigenvalue weighted by Gasteiger charge is -2.23. The quantitative estimate of drug-likeness (QED) is 0.867. The van der Waals surface area contributed by atoms with Crippen molar-refractivity contribution >= 4 is 17.3 Å². The zero-order valence-corrected chi connectivity index (χ0v) is 10.9. The van der Waals surface area contributed by atoms with Crippen LogP contribution in [-0.4, -0.2) is 26.7 Å². The van der Waals surface area contributed by atoms with Gasteiger partial charge in [-0.25, -0.2) is 0 Å². The molecule has 17 heavy (non-hydrogen) atoms. The molecule has 2 N–H and O–H groups in total. The first kappa shape index (κ1) is 12.5. The Hall–Kier alpha value is -0.930. The molecule has 0 amide bonds. The van der Waals surface area contributed by atoms with Gasteiger partial charge in [0, 0.05) is 11.6 Å². The summed E-state index contributed by atoms with van der Waals surface area (Å²) in [6, 6.07) is 5.66. The number of nitrogens with one attached hydrogen (secondary N) is 2. The molecule has 1 heterocycles. The molecule has 1 fully saturated rings. The van der Waals surface area contributed by atoms with E-state index in [0.717, 1.165) is 42.0 Å². The number of methoxy groups -OCH3 is 1. The van der Waals surface area contributed by atoms with E-state index in [4.69, 9.17) is 16.3 Å². The van der Waals surface area contributed by atoms with Crippen LogP contribution in [0.25, 0.3) is 0 Å². The summed E-state index contributed by atoms with van der Waals surface area (Å²) in [5, 5.41) is 7.54. The molecular formula is C13H19ClN2O. The second-order valence-corrected chi connectivity index (χ2v) is 4.86. The van der Waals surface area contributed by atoms with Gasteiger partial charge in [-0.3, -0.25) is 0 Å². The largest absolute Gasteiger partial charge is 0.495 e. The van der Waals surface area contributed by atoms with E-state index in [-0.39, 0.29) is 0 Å². The second kappa shape index (κ2) is 6.12. The van der Waals surface area contributed by atoms with Gasteiger partial charge in [0.1, 0.15) is 5.75 Å². The lowest BCUT2D eigenvalue weighted by Crippen LogP contribution is -2.31. The molecule has 3 nitrogen and oxygen atoms in total. The summed E-state index contributed by atoms with van der Waals surface area (Å²) in [6.07, 6.45) is 2.46. The van der Waals surface area contributed by atoms with Crippen molar-refractivity contribution in [3.63, 3.8) is 0 Å². The van der Waals surface area contributed by atoms with Gasteiger partial charge in [-0.1, -0.05) is 11.6 Å². The van der Waals surface area contributed by atoms with Gasteiger partial charge in [-0.05, 0) is 50.0 Å². The predicted molar refractivity (Wildman–Crippen MR) is 72.1 cm³/mol. The minimum atomic E-state index is 0.735. The van der Waals surface area contributed by atoms with Crippen molar-refractivity contribution in [2.24, 2.45) is 5.92 Å². The number of ether oxygens (including phenoxy) is 1. The fraction of sp³-hybridized carbons (Fsp3) is 0.538. The monoisotopic (exact) mass is 254 g/mol. The summed E-state index contributed by atoms with van der Waals surface area (Å²) in [5.74, 6) is 1.59. The van der Waals surface area contributed by atoms with Crippen LogP contribution in [0, 0.1) is 5.92 Å². The van der Waals surface area contributed by atoms with E-state index >= 15 is 0 Å². The molecule has 2 rings (SSSR count). The third kappa shape index (κ3) is 3.51. The number of anilines is 1. The Balaban J connectivity index is 1.95. The van der Waals surface area contributed by atoms with Gasteiger partial charge in [-0.15, -0.1) is 0 Å².